The van der Waals surface area contributed by atoms with Crippen molar-refractivity contribution in [3.63, 3.8) is 0 Å². The van der Waals surface area contributed by atoms with E-state index in [1.54, 1.807) is 24.3 Å². The van der Waals surface area contributed by atoms with Gasteiger partial charge in [0.15, 0.2) is 0 Å². The molecular formula is C21H9N3O5. The predicted octanol–water partition coefficient (Wildman–Crippen LogP) is 2.17. The van der Waals surface area contributed by atoms with E-state index in [-0.39, 0.29) is 11.1 Å². The van der Waals surface area contributed by atoms with Gasteiger partial charge in [0.2, 0.25) is 0 Å². The van der Waals surface area contributed by atoms with E-state index in [0.717, 1.165) is 0 Å². The van der Waals surface area contributed by atoms with E-state index in [1.165, 1.54) is 22.6 Å². The first-order chi connectivity index (χ1) is 14.0. The Kier molecular flexibility index (Phi) is 2.67. The summed E-state index contributed by atoms with van der Waals surface area (Å²) in [4.78, 5) is 53.8. The molecule has 0 saturated heterocycles. The number of amides is 2. The second kappa shape index (κ2) is 4.93. The number of rotatable bonds is 1. The number of fused-ring (bicyclic) bond motifs is 4. The van der Waals surface area contributed by atoms with Gasteiger partial charge in [-0.2, -0.15) is 0 Å². The lowest BCUT2D eigenvalue weighted by atomic mass is 9.91. The molecule has 0 atom stereocenters. The lowest BCUT2D eigenvalue weighted by molar-refractivity contribution is 0.0696. The van der Waals surface area contributed by atoms with Gasteiger partial charge in [-0.3, -0.25) is 24.1 Å². The molecule has 2 N–H and O–H groups in total. The number of carboxylic acids is 1. The number of imidazole rings is 1. The molecule has 0 fully saturated rings. The molecule has 0 radical (unpaired) electrons. The average molecular weight is 383 g/mol. The third-order valence-electron chi connectivity index (χ3n) is 5.45. The Balaban J connectivity index is 1.91. The molecule has 2 amide bonds. The van der Waals surface area contributed by atoms with Crippen LogP contribution in [0.5, 0.6) is 0 Å². The SMILES string of the molecule is O=C(O)c1ccc2nc3c4ccc5c6c(ccc(c(=O)n3c2c1)c64)C(=O)NC5=O. The number of aromatic carboxylic acids is 1. The zero-order valence-corrected chi connectivity index (χ0v) is 14.5. The maximum atomic E-state index is 13.3. The maximum Gasteiger partial charge on any atom is 0.335 e. The van der Waals surface area contributed by atoms with Gasteiger partial charge in [-0.1, -0.05) is 0 Å². The monoisotopic (exact) mass is 383 g/mol. The molecule has 0 spiro atoms. The number of imide groups is 1. The molecule has 6 rings (SSSR count). The van der Waals surface area contributed by atoms with Gasteiger partial charge in [0, 0.05) is 32.7 Å². The van der Waals surface area contributed by atoms with Crippen molar-refractivity contribution in [2.45, 2.75) is 0 Å². The molecule has 2 aromatic heterocycles. The second-order valence-corrected chi connectivity index (χ2v) is 6.94. The second-order valence-electron chi connectivity index (χ2n) is 6.94. The Morgan fingerprint density at radius 3 is 2.28 bits per heavy atom. The smallest absolute Gasteiger partial charge is 0.335 e. The van der Waals surface area contributed by atoms with Crippen molar-refractivity contribution < 1.29 is 19.5 Å². The minimum Gasteiger partial charge on any atom is -0.478 e. The van der Waals surface area contributed by atoms with Gasteiger partial charge in [0.05, 0.1) is 16.6 Å². The topological polar surface area (TPSA) is 118 Å². The van der Waals surface area contributed by atoms with Crippen LogP contribution in [-0.4, -0.2) is 32.3 Å². The van der Waals surface area contributed by atoms with Gasteiger partial charge < -0.3 is 5.11 Å². The molecule has 8 heteroatoms. The molecule has 0 bridgehead atoms. The summed E-state index contributed by atoms with van der Waals surface area (Å²) in [6.45, 7) is 0. The van der Waals surface area contributed by atoms with Crippen molar-refractivity contribution in [3.8, 4) is 0 Å². The molecule has 3 aromatic carbocycles. The van der Waals surface area contributed by atoms with Crippen molar-refractivity contribution in [1.29, 1.82) is 0 Å². The molecule has 8 nitrogen and oxygen atoms in total. The van der Waals surface area contributed by atoms with Gasteiger partial charge in [0.25, 0.3) is 17.4 Å². The quantitative estimate of drug-likeness (QED) is 0.428. The maximum absolute atomic E-state index is 13.3. The molecule has 0 aliphatic carbocycles. The van der Waals surface area contributed by atoms with Crippen LogP contribution in [0.3, 0.4) is 0 Å². The third-order valence-corrected chi connectivity index (χ3v) is 5.45. The zero-order chi connectivity index (χ0) is 20.0. The summed E-state index contributed by atoms with van der Waals surface area (Å²) >= 11 is 0. The molecule has 29 heavy (non-hydrogen) atoms. The first-order valence-electron chi connectivity index (χ1n) is 8.72. The molecular weight excluding hydrogens is 374 g/mol. The van der Waals surface area contributed by atoms with E-state index >= 15 is 0 Å². The number of benzene rings is 3. The molecule has 138 valence electrons. The van der Waals surface area contributed by atoms with E-state index in [9.17, 15) is 24.3 Å². The van der Waals surface area contributed by atoms with Crippen LogP contribution in [0, 0.1) is 0 Å². The first-order valence-corrected chi connectivity index (χ1v) is 8.72. The average Bonchev–Trinajstić information content (AvgIpc) is 3.09. The summed E-state index contributed by atoms with van der Waals surface area (Å²) in [6.07, 6.45) is 0. The number of carbonyl (C=O) groups is 3. The molecule has 1 aliphatic rings. The van der Waals surface area contributed by atoms with Crippen molar-refractivity contribution >= 4 is 56.0 Å². The highest BCUT2D eigenvalue weighted by molar-refractivity contribution is 6.31. The van der Waals surface area contributed by atoms with Gasteiger partial charge in [-0.05, 0) is 42.5 Å². The van der Waals surface area contributed by atoms with Crippen LogP contribution in [0.15, 0.2) is 47.3 Å². The summed E-state index contributed by atoms with van der Waals surface area (Å²) < 4.78 is 1.38. The number of hydrogen-bond acceptors (Lipinski definition) is 5. The van der Waals surface area contributed by atoms with E-state index in [0.29, 0.717) is 49.4 Å². The van der Waals surface area contributed by atoms with E-state index < -0.39 is 17.8 Å². The van der Waals surface area contributed by atoms with E-state index in [4.69, 9.17) is 0 Å². The Morgan fingerprint density at radius 2 is 1.59 bits per heavy atom. The summed E-state index contributed by atoms with van der Waals surface area (Å²) in [5, 5.41) is 13.5. The Hall–Kier alpha value is -4.33. The van der Waals surface area contributed by atoms with Crippen LogP contribution in [0.4, 0.5) is 0 Å². The lowest BCUT2D eigenvalue weighted by Gasteiger charge is -2.18. The fraction of sp³-hybridized carbons (Fsp3) is 0. The number of nitrogens with one attached hydrogen (secondary N) is 1. The highest BCUT2D eigenvalue weighted by Gasteiger charge is 2.28. The van der Waals surface area contributed by atoms with E-state index in [1.807, 2.05) is 0 Å². The van der Waals surface area contributed by atoms with Crippen molar-refractivity contribution in [2.75, 3.05) is 0 Å². The predicted molar refractivity (Wildman–Crippen MR) is 104 cm³/mol. The molecule has 0 saturated carbocycles. The highest BCUT2D eigenvalue weighted by Crippen LogP contribution is 2.35. The van der Waals surface area contributed by atoms with Crippen LogP contribution in [0.1, 0.15) is 31.1 Å². The van der Waals surface area contributed by atoms with Gasteiger partial charge >= 0.3 is 5.97 Å². The van der Waals surface area contributed by atoms with Gasteiger partial charge in [-0.15, -0.1) is 0 Å². The van der Waals surface area contributed by atoms with Gasteiger partial charge in [-0.25, -0.2) is 9.78 Å². The first kappa shape index (κ1) is 15.7. The van der Waals surface area contributed by atoms with Gasteiger partial charge in [0.1, 0.15) is 5.65 Å². The normalized spacial score (nSPS) is 13.7. The van der Waals surface area contributed by atoms with Crippen molar-refractivity contribution in [1.82, 2.24) is 14.7 Å². The minimum atomic E-state index is -1.10. The Labute approximate surface area is 160 Å². The fourth-order valence-electron chi connectivity index (χ4n) is 4.19. The summed E-state index contributed by atoms with van der Waals surface area (Å²) in [6, 6.07) is 10.8. The highest BCUT2D eigenvalue weighted by atomic mass is 16.4. The van der Waals surface area contributed by atoms with Crippen LogP contribution in [0.2, 0.25) is 0 Å². The standard InChI is InChI=1S/C21H9N3O5/c25-18-10-3-2-9-15-12(5-4-11(16(10)15)19(26)23-18)20(27)24-14-7-8(21(28)29)1-6-13(14)22-17(9)24/h1-7H,(H,28,29)(H,23,25,26). The number of carbonyl (C=O) groups excluding carboxylic acids is 2. The molecule has 3 heterocycles. The summed E-state index contributed by atoms with van der Waals surface area (Å²) in [5.41, 5.74) is 1.52. The number of aromatic nitrogens is 2. The van der Waals surface area contributed by atoms with Crippen LogP contribution < -0.4 is 10.9 Å². The van der Waals surface area contributed by atoms with Crippen molar-refractivity contribution in [3.05, 3.63) is 69.5 Å². The zero-order valence-electron chi connectivity index (χ0n) is 14.5. The fourth-order valence-corrected chi connectivity index (χ4v) is 4.19. The summed E-state index contributed by atoms with van der Waals surface area (Å²) in [5.74, 6) is -2.12. The number of pyridine rings is 1. The molecule has 5 aromatic rings. The number of nitrogens with zero attached hydrogens (tertiary/aromatic N) is 2. The third kappa shape index (κ3) is 1.80. The van der Waals surface area contributed by atoms with Crippen molar-refractivity contribution in [2.24, 2.45) is 0 Å². The largest absolute Gasteiger partial charge is 0.478 e. The number of hydrogen-bond donors (Lipinski definition) is 2. The minimum absolute atomic E-state index is 0.0475. The van der Waals surface area contributed by atoms with Crippen LogP contribution in [0.25, 0.3) is 38.2 Å². The number of carboxylic acid groups (broad SMARTS) is 1. The Morgan fingerprint density at radius 1 is 0.897 bits per heavy atom. The summed E-state index contributed by atoms with van der Waals surface area (Å²) in [7, 11) is 0. The molecule has 1 aliphatic heterocycles. The lowest BCUT2D eigenvalue weighted by Crippen LogP contribution is -2.34. The van der Waals surface area contributed by atoms with Crippen LogP contribution in [-0.2, 0) is 0 Å². The molecule has 0 unspecified atom stereocenters. The van der Waals surface area contributed by atoms with Crippen LogP contribution >= 0.6 is 0 Å². The Bertz CT molecular complexity index is 1640. The van der Waals surface area contributed by atoms with E-state index in [2.05, 4.69) is 10.3 Å².